The van der Waals surface area contributed by atoms with Gasteiger partial charge in [-0.2, -0.15) is 0 Å². The van der Waals surface area contributed by atoms with Gasteiger partial charge in [0.05, 0.1) is 24.3 Å². The molecule has 27 heavy (non-hydrogen) atoms. The average molecular weight is 389 g/mol. The molecular formula is C19H25ClN6O. The van der Waals surface area contributed by atoms with Gasteiger partial charge in [-0.3, -0.25) is 4.90 Å². The van der Waals surface area contributed by atoms with Crippen LogP contribution in [0.2, 0.25) is 5.15 Å². The molecular weight excluding hydrogens is 364 g/mol. The standard InChI is InChI=1S/C19H25ClN6O/c1-23-15-9-16(20)21-18(26-10-14-8-13(26)11-27-14)17(15)22-19(23)25-6-4-24(5-7-25)12-2-3-12/h9,12-14H,2-8,10-11H2,1H3/t13-,14-/m1/s1. The maximum atomic E-state index is 6.40. The predicted molar refractivity (Wildman–Crippen MR) is 106 cm³/mol. The SMILES string of the molecule is Cn1c(N2CCN(C3CC3)CC2)nc2c(N3C[C@H]4C[C@@H]3CO4)nc(Cl)cc21. The number of hydrogen-bond acceptors (Lipinski definition) is 6. The topological polar surface area (TPSA) is 49.7 Å². The normalized spacial score (nSPS) is 28.7. The van der Waals surface area contributed by atoms with Crippen molar-refractivity contribution >= 4 is 34.4 Å². The minimum atomic E-state index is 0.324. The number of hydrogen-bond donors (Lipinski definition) is 0. The number of morpholine rings is 1. The number of pyridine rings is 1. The van der Waals surface area contributed by atoms with Gasteiger partial charge in [-0.05, 0) is 19.3 Å². The van der Waals surface area contributed by atoms with Crippen LogP contribution in [-0.2, 0) is 11.8 Å². The summed E-state index contributed by atoms with van der Waals surface area (Å²) in [6.45, 7) is 6.00. The van der Waals surface area contributed by atoms with Gasteiger partial charge >= 0.3 is 0 Å². The molecule has 144 valence electrons. The summed E-state index contributed by atoms with van der Waals surface area (Å²) in [4.78, 5) is 17.1. The molecule has 0 spiro atoms. The molecule has 8 heteroatoms. The van der Waals surface area contributed by atoms with E-state index < -0.39 is 0 Å². The molecule has 2 bridgehead atoms. The van der Waals surface area contributed by atoms with Gasteiger partial charge in [0.2, 0.25) is 5.95 Å². The van der Waals surface area contributed by atoms with Crippen LogP contribution in [0.1, 0.15) is 19.3 Å². The fourth-order valence-corrected chi connectivity index (χ4v) is 5.18. The molecule has 6 rings (SSSR count). The second-order valence-electron chi connectivity index (χ2n) is 8.36. The third-order valence-electron chi connectivity index (χ3n) is 6.63. The average Bonchev–Trinajstić information content (AvgIpc) is 3.18. The number of nitrogens with zero attached hydrogens (tertiary/aromatic N) is 6. The van der Waals surface area contributed by atoms with E-state index >= 15 is 0 Å². The molecule has 3 saturated heterocycles. The Hall–Kier alpha value is -1.57. The molecule has 1 saturated carbocycles. The van der Waals surface area contributed by atoms with Crippen molar-refractivity contribution in [2.24, 2.45) is 7.05 Å². The van der Waals surface area contributed by atoms with Gasteiger partial charge in [-0.25, -0.2) is 9.97 Å². The summed E-state index contributed by atoms with van der Waals surface area (Å²) >= 11 is 6.40. The Morgan fingerprint density at radius 2 is 1.93 bits per heavy atom. The Morgan fingerprint density at radius 1 is 1.11 bits per heavy atom. The Morgan fingerprint density at radius 3 is 2.59 bits per heavy atom. The highest BCUT2D eigenvalue weighted by Gasteiger charge is 2.41. The van der Waals surface area contributed by atoms with Crippen LogP contribution in [0.5, 0.6) is 0 Å². The van der Waals surface area contributed by atoms with Crippen LogP contribution in [0.25, 0.3) is 11.0 Å². The fourth-order valence-electron chi connectivity index (χ4n) is 5.00. The van der Waals surface area contributed by atoms with Crippen LogP contribution in [0, 0.1) is 0 Å². The van der Waals surface area contributed by atoms with E-state index in [0.29, 0.717) is 17.3 Å². The van der Waals surface area contributed by atoms with Crippen LogP contribution in [0.4, 0.5) is 11.8 Å². The van der Waals surface area contributed by atoms with Crippen molar-refractivity contribution in [1.82, 2.24) is 19.4 Å². The van der Waals surface area contributed by atoms with Crippen LogP contribution in [-0.4, -0.2) is 77.0 Å². The minimum Gasteiger partial charge on any atom is -0.374 e. The van der Waals surface area contributed by atoms with E-state index in [9.17, 15) is 0 Å². The zero-order chi connectivity index (χ0) is 18.1. The molecule has 0 unspecified atom stereocenters. The summed E-state index contributed by atoms with van der Waals surface area (Å²) in [5.74, 6) is 1.96. The molecule has 7 nitrogen and oxygen atoms in total. The van der Waals surface area contributed by atoms with Crippen molar-refractivity contribution < 1.29 is 4.74 Å². The molecule has 2 atom stereocenters. The van der Waals surface area contributed by atoms with E-state index in [-0.39, 0.29) is 0 Å². The first-order chi connectivity index (χ1) is 13.2. The van der Waals surface area contributed by atoms with Crippen LogP contribution < -0.4 is 9.80 Å². The first-order valence-electron chi connectivity index (χ1n) is 10.1. The van der Waals surface area contributed by atoms with E-state index in [1.165, 1.54) is 12.8 Å². The lowest BCUT2D eigenvalue weighted by atomic mass is 10.2. The number of fused-ring (bicyclic) bond motifs is 3. The van der Waals surface area contributed by atoms with Crippen LogP contribution in [0.3, 0.4) is 0 Å². The molecule has 1 aliphatic carbocycles. The van der Waals surface area contributed by atoms with Gasteiger partial charge in [-0.1, -0.05) is 11.6 Å². The number of halogens is 1. The van der Waals surface area contributed by atoms with Gasteiger partial charge in [0, 0.05) is 51.9 Å². The van der Waals surface area contributed by atoms with E-state index in [1.54, 1.807) is 0 Å². The quantitative estimate of drug-likeness (QED) is 0.748. The van der Waals surface area contributed by atoms with Crippen LogP contribution >= 0.6 is 11.6 Å². The maximum Gasteiger partial charge on any atom is 0.206 e. The fraction of sp³-hybridized carbons (Fsp3) is 0.684. The summed E-state index contributed by atoms with van der Waals surface area (Å²) in [5.41, 5.74) is 2.03. The van der Waals surface area contributed by atoms with E-state index in [4.69, 9.17) is 21.3 Å². The first kappa shape index (κ1) is 16.4. The lowest BCUT2D eigenvalue weighted by Crippen LogP contribution is -2.48. The van der Waals surface area contributed by atoms with Crippen molar-refractivity contribution in [1.29, 1.82) is 0 Å². The monoisotopic (exact) mass is 388 g/mol. The smallest absolute Gasteiger partial charge is 0.206 e. The molecule has 4 aliphatic rings. The summed E-state index contributed by atoms with van der Waals surface area (Å²) in [5, 5.41) is 0.536. The van der Waals surface area contributed by atoms with Crippen molar-refractivity contribution in [3.63, 3.8) is 0 Å². The van der Waals surface area contributed by atoms with Crippen molar-refractivity contribution in [2.75, 3.05) is 49.1 Å². The van der Waals surface area contributed by atoms with Gasteiger partial charge in [0.15, 0.2) is 5.82 Å². The Labute approximate surface area is 163 Å². The predicted octanol–water partition coefficient (Wildman–Crippen LogP) is 1.88. The molecule has 0 amide bonds. The molecule has 4 fully saturated rings. The van der Waals surface area contributed by atoms with Crippen molar-refractivity contribution in [3.8, 4) is 0 Å². The molecule has 0 radical (unpaired) electrons. The third kappa shape index (κ3) is 2.62. The van der Waals surface area contributed by atoms with E-state index in [2.05, 4.69) is 31.3 Å². The Bertz CT molecular complexity index is 888. The number of ether oxygens (including phenoxy) is 1. The second kappa shape index (κ2) is 5.96. The zero-order valence-corrected chi connectivity index (χ0v) is 16.4. The molecule has 2 aromatic rings. The number of anilines is 2. The Kier molecular flexibility index (Phi) is 3.62. The molecule has 5 heterocycles. The molecule has 0 N–H and O–H groups in total. The second-order valence-corrected chi connectivity index (χ2v) is 8.75. The molecule has 3 aliphatic heterocycles. The zero-order valence-electron chi connectivity index (χ0n) is 15.6. The van der Waals surface area contributed by atoms with Gasteiger partial charge < -0.3 is 19.1 Å². The Balaban J connectivity index is 1.36. The molecule has 0 aromatic carbocycles. The largest absolute Gasteiger partial charge is 0.374 e. The number of imidazole rings is 1. The lowest BCUT2D eigenvalue weighted by molar-refractivity contribution is 0.0990. The van der Waals surface area contributed by atoms with E-state index in [0.717, 1.165) is 74.6 Å². The highest BCUT2D eigenvalue weighted by Crippen LogP contribution is 2.37. The van der Waals surface area contributed by atoms with Crippen molar-refractivity contribution in [3.05, 3.63) is 11.2 Å². The van der Waals surface area contributed by atoms with Gasteiger partial charge in [-0.15, -0.1) is 0 Å². The lowest BCUT2D eigenvalue weighted by Gasteiger charge is -2.35. The maximum absolute atomic E-state index is 6.40. The van der Waals surface area contributed by atoms with Crippen LogP contribution in [0.15, 0.2) is 6.07 Å². The number of aryl methyl sites for hydroxylation is 1. The number of aromatic nitrogens is 3. The summed E-state index contributed by atoms with van der Waals surface area (Å²) < 4.78 is 7.95. The number of rotatable bonds is 3. The minimum absolute atomic E-state index is 0.324. The first-order valence-corrected chi connectivity index (χ1v) is 10.5. The van der Waals surface area contributed by atoms with Gasteiger partial charge in [0.25, 0.3) is 0 Å². The summed E-state index contributed by atoms with van der Waals surface area (Å²) in [6, 6.07) is 3.19. The number of piperazine rings is 1. The van der Waals surface area contributed by atoms with Crippen molar-refractivity contribution in [2.45, 2.75) is 37.5 Å². The van der Waals surface area contributed by atoms with Gasteiger partial charge in [0.1, 0.15) is 10.7 Å². The third-order valence-corrected chi connectivity index (χ3v) is 6.82. The highest BCUT2D eigenvalue weighted by atomic mass is 35.5. The summed E-state index contributed by atoms with van der Waals surface area (Å²) in [7, 11) is 2.09. The molecule has 2 aromatic heterocycles. The summed E-state index contributed by atoms with van der Waals surface area (Å²) in [6.07, 6.45) is 4.16. The highest BCUT2D eigenvalue weighted by molar-refractivity contribution is 6.30. The van der Waals surface area contributed by atoms with E-state index in [1.807, 2.05) is 6.07 Å².